The summed E-state index contributed by atoms with van der Waals surface area (Å²) in [6.07, 6.45) is -0.665. The molecular weight excluding hydrogens is 301 g/mol. The van der Waals surface area contributed by atoms with Gasteiger partial charge in [-0.15, -0.1) is 0 Å². The van der Waals surface area contributed by atoms with Crippen molar-refractivity contribution in [2.45, 2.75) is 40.2 Å². The maximum absolute atomic E-state index is 13.9. The molecule has 1 N–H and O–H groups in total. The Morgan fingerprint density at radius 1 is 1.39 bits per heavy atom. The van der Waals surface area contributed by atoms with E-state index in [2.05, 4.69) is 21.2 Å². The van der Waals surface area contributed by atoms with Gasteiger partial charge in [0, 0.05) is 4.47 Å². The van der Waals surface area contributed by atoms with Crippen molar-refractivity contribution in [3.63, 3.8) is 0 Å². The normalized spacial score (nSPS) is 11.3. The third-order valence-corrected chi connectivity index (χ3v) is 3.09. The van der Waals surface area contributed by atoms with Crippen LogP contribution in [-0.2, 0) is 4.74 Å². The van der Waals surface area contributed by atoms with Crippen LogP contribution in [0.25, 0.3) is 0 Å². The van der Waals surface area contributed by atoms with Gasteiger partial charge in [0.25, 0.3) is 0 Å². The summed E-state index contributed by atoms with van der Waals surface area (Å²) in [5.74, 6) is -0.443. The van der Waals surface area contributed by atoms with Gasteiger partial charge in [-0.1, -0.05) is 15.9 Å². The van der Waals surface area contributed by atoms with Gasteiger partial charge in [-0.05, 0) is 51.8 Å². The van der Waals surface area contributed by atoms with Crippen molar-refractivity contribution in [3.8, 4) is 0 Å². The second kappa shape index (κ2) is 5.26. The van der Waals surface area contributed by atoms with E-state index in [1.807, 2.05) is 0 Å². The van der Waals surface area contributed by atoms with Gasteiger partial charge in [0.05, 0.1) is 5.69 Å². The molecule has 1 rings (SSSR count). The Morgan fingerprint density at radius 3 is 2.44 bits per heavy atom. The van der Waals surface area contributed by atoms with Gasteiger partial charge in [0.1, 0.15) is 11.4 Å². The second-order valence-electron chi connectivity index (χ2n) is 5.12. The topological polar surface area (TPSA) is 38.3 Å². The van der Waals surface area contributed by atoms with Crippen molar-refractivity contribution in [1.29, 1.82) is 0 Å². The quantitative estimate of drug-likeness (QED) is 0.825. The number of hydrogen-bond donors (Lipinski definition) is 1. The minimum Gasteiger partial charge on any atom is -0.444 e. The van der Waals surface area contributed by atoms with Gasteiger partial charge in [0.2, 0.25) is 0 Å². The van der Waals surface area contributed by atoms with Gasteiger partial charge >= 0.3 is 6.09 Å². The molecule has 1 aromatic carbocycles. The smallest absolute Gasteiger partial charge is 0.412 e. The number of rotatable bonds is 1. The zero-order valence-corrected chi connectivity index (χ0v) is 12.7. The van der Waals surface area contributed by atoms with E-state index in [-0.39, 0.29) is 5.69 Å². The predicted octanol–water partition coefficient (Wildman–Crippen LogP) is 4.55. The molecule has 3 nitrogen and oxygen atoms in total. The SMILES string of the molecule is Cc1cc(Br)c(C)c(NC(=O)OC(C)(C)C)c1F. The predicted molar refractivity (Wildman–Crippen MR) is 73.4 cm³/mol. The lowest BCUT2D eigenvalue weighted by Gasteiger charge is -2.21. The summed E-state index contributed by atoms with van der Waals surface area (Å²) in [4.78, 5) is 11.6. The molecule has 0 atom stereocenters. The molecule has 0 radical (unpaired) electrons. The molecule has 100 valence electrons. The van der Waals surface area contributed by atoms with E-state index in [4.69, 9.17) is 4.74 Å². The Hall–Kier alpha value is -1.10. The highest BCUT2D eigenvalue weighted by Gasteiger charge is 2.19. The molecule has 18 heavy (non-hydrogen) atoms. The van der Waals surface area contributed by atoms with E-state index in [9.17, 15) is 9.18 Å². The molecule has 0 unspecified atom stereocenters. The van der Waals surface area contributed by atoms with Crippen LogP contribution in [0, 0.1) is 19.7 Å². The molecule has 0 aliphatic heterocycles. The van der Waals surface area contributed by atoms with Crippen LogP contribution in [0.15, 0.2) is 10.5 Å². The first kappa shape index (κ1) is 15.0. The zero-order chi connectivity index (χ0) is 14.1. The van der Waals surface area contributed by atoms with Gasteiger partial charge in [-0.2, -0.15) is 0 Å². The van der Waals surface area contributed by atoms with Crippen LogP contribution >= 0.6 is 15.9 Å². The largest absolute Gasteiger partial charge is 0.444 e. The summed E-state index contributed by atoms with van der Waals surface area (Å²) in [6, 6.07) is 1.67. The Kier molecular flexibility index (Phi) is 4.37. The van der Waals surface area contributed by atoms with Crippen LogP contribution < -0.4 is 5.32 Å². The van der Waals surface area contributed by atoms with Crippen molar-refractivity contribution in [3.05, 3.63) is 27.5 Å². The molecule has 0 saturated carbocycles. The third-order valence-electron chi connectivity index (χ3n) is 2.27. The monoisotopic (exact) mass is 317 g/mol. The first-order valence-corrected chi connectivity index (χ1v) is 6.36. The number of hydrogen-bond acceptors (Lipinski definition) is 2. The summed E-state index contributed by atoms with van der Waals surface area (Å²) in [5, 5.41) is 2.45. The number of carbonyl (C=O) groups excluding carboxylic acids is 1. The van der Waals surface area contributed by atoms with E-state index < -0.39 is 17.5 Å². The first-order valence-electron chi connectivity index (χ1n) is 5.57. The van der Waals surface area contributed by atoms with E-state index in [0.29, 0.717) is 11.1 Å². The van der Waals surface area contributed by atoms with Crippen LogP contribution in [0.1, 0.15) is 31.9 Å². The van der Waals surface area contributed by atoms with Crippen LogP contribution in [0.2, 0.25) is 0 Å². The maximum atomic E-state index is 13.9. The number of halogens is 2. The fourth-order valence-electron chi connectivity index (χ4n) is 1.40. The number of ether oxygens (including phenoxy) is 1. The number of nitrogens with one attached hydrogen (secondary N) is 1. The molecule has 5 heteroatoms. The number of benzene rings is 1. The van der Waals surface area contributed by atoms with Gasteiger partial charge in [-0.3, -0.25) is 5.32 Å². The molecule has 0 heterocycles. The number of anilines is 1. The van der Waals surface area contributed by atoms with Crippen molar-refractivity contribution in [2.75, 3.05) is 5.32 Å². The van der Waals surface area contributed by atoms with Crippen molar-refractivity contribution >= 4 is 27.7 Å². The standard InChI is InChI=1S/C13H17BrFNO2/c1-7-6-9(14)8(2)11(10(7)15)16-12(17)18-13(3,4)5/h6H,1-5H3,(H,16,17). The summed E-state index contributed by atoms with van der Waals surface area (Å²) < 4.78 is 19.8. The van der Waals surface area contributed by atoms with Crippen LogP contribution in [0.3, 0.4) is 0 Å². The van der Waals surface area contributed by atoms with Gasteiger partial charge in [0.15, 0.2) is 0 Å². The van der Waals surface area contributed by atoms with E-state index in [1.165, 1.54) is 0 Å². The lowest BCUT2D eigenvalue weighted by molar-refractivity contribution is 0.0635. The highest BCUT2D eigenvalue weighted by atomic mass is 79.9. The molecule has 0 fully saturated rings. The molecule has 0 aliphatic carbocycles. The molecule has 1 aromatic rings. The van der Waals surface area contributed by atoms with Gasteiger partial charge in [-0.25, -0.2) is 9.18 Å². The maximum Gasteiger partial charge on any atom is 0.412 e. The summed E-state index contributed by atoms with van der Waals surface area (Å²) in [6.45, 7) is 8.62. The second-order valence-corrected chi connectivity index (χ2v) is 5.97. The summed E-state index contributed by atoms with van der Waals surface area (Å²) in [7, 11) is 0. The Balaban J connectivity index is 3.01. The Bertz CT molecular complexity index is 455. The lowest BCUT2D eigenvalue weighted by atomic mass is 10.1. The average Bonchev–Trinajstić information content (AvgIpc) is 2.19. The Morgan fingerprint density at radius 2 is 1.94 bits per heavy atom. The molecule has 0 spiro atoms. The molecule has 1 amide bonds. The molecule has 0 aliphatic rings. The van der Waals surface area contributed by atoms with Gasteiger partial charge < -0.3 is 4.74 Å². The van der Waals surface area contributed by atoms with Crippen LogP contribution in [0.4, 0.5) is 14.9 Å². The lowest BCUT2D eigenvalue weighted by Crippen LogP contribution is -2.27. The minimum atomic E-state index is -0.665. The average molecular weight is 318 g/mol. The molecule has 0 saturated heterocycles. The van der Waals surface area contributed by atoms with Crippen molar-refractivity contribution in [1.82, 2.24) is 0 Å². The fraction of sp³-hybridized carbons (Fsp3) is 0.462. The number of amides is 1. The fourth-order valence-corrected chi connectivity index (χ4v) is 1.94. The summed E-state index contributed by atoms with van der Waals surface area (Å²) >= 11 is 3.32. The zero-order valence-electron chi connectivity index (χ0n) is 11.1. The van der Waals surface area contributed by atoms with Crippen molar-refractivity contribution in [2.24, 2.45) is 0 Å². The van der Waals surface area contributed by atoms with E-state index in [0.717, 1.165) is 4.47 Å². The third kappa shape index (κ3) is 3.70. The van der Waals surface area contributed by atoms with E-state index >= 15 is 0 Å². The highest BCUT2D eigenvalue weighted by molar-refractivity contribution is 9.10. The first-order chi connectivity index (χ1) is 8.11. The Labute approximate surface area is 115 Å². The highest BCUT2D eigenvalue weighted by Crippen LogP contribution is 2.30. The van der Waals surface area contributed by atoms with Crippen LogP contribution in [-0.4, -0.2) is 11.7 Å². The molecular formula is C13H17BrFNO2. The van der Waals surface area contributed by atoms with E-state index in [1.54, 1.807) is 40.7 Å². The number of aryl methyl sites for hydroxylation is 1. The summed E-state index contributed by atoms with van der Waals surface area (Å²) in [5.41, 5.74) is 0.619. The van der Waals surface area contributed by atoms with Crippen molar-refractivity contribution < 1.29 is 13.9 Å². The minimum absolute atomic E-state index is 0.149. The van der Waals surface area contributed by atoms with Crippen LogP contribution in [0.5, 0.6) is 0 Å². The number of carbonyl (C=O) groups is 1. The molecule has 0 bridgehead atoms. The molecule has 0 aromatic heterocycles.